The molecule has 9 heteroatoms. The number of anilines is 1. The van der Waals surface area contributed by atoms with Gasteiger partial charge in [-0.05, 0) is 74.6 Å². The maximum atomic E-state index is 12.6. The second-order valence-corrected chi connectivity index (χ2v) is 8.90. The van der Waals surface area contributed by atoms with Gasteiger partial charge in [0.25, 0.3) is 11.8 Å². The standard InChI is InChI=1S/C29H28N4O5/c1-19-26(8-7-24-25(20-9-11-30-12-10-20)16-23(17-34)38-28(19)24)37-18-27(35)32-22-6-4-5-21(15-22)29(36)31-13-14-33(2)3/h4-12,15-16H,13-14,18H2,1-3H3,(H,31,36)(H,32,35). The highest BCUT2D eigenvalue weighted by atomic mass is 16.5. The Balaban J connectivity index is 1.43. The number of hydrogen-bond donors (Lipinski definition) is 2. The van der Waals surface area contributed by atoms with E-state index in [9.17, 15) is 14.4 Å². The van der Waals surface area contributed by atoms with Gasteiger partial charge < -0.3 is 25.0 Å². The van der Waals surface area contributed by atoms with E-state index in [4.69, 9.17) is 9.47 Å². The van der Waals surface area contributed by atoms with E-state index in [-0.39, 0.29) is 24.2 Å². The van der Waals surface area contributed by atoms with E-state index < -0.39 is 0 Å². The molecule has 0 unspecified atom stereocenters. The van der Waals surface area contributed by atoms with Crippen molar-refractivity contribution in [3.8, 4) is 11.5 Å². The number of carbonyl (C=O) groups excluding carboxylic acids is 3. The third kappa shape index (κ3) is 6.34. The third-order valence-electron chi connectivity index (χ3n) is 5.84. The Morgan fingerprint density at radius 3 is 2.63 bits per heavy atom. The third-order valence-corrected chi connectivity index (χ3v) is 5.84. The molecule has 1 aliphatic rings. The lowest BCUT2D eigenvalue weighted by Gasteiger charge is -2.22. The lowest BCUT2D eigenvalue weighted by molar-refractivity contribution is -0.118. The first kappa shape index (κ1) is 26.3. The van der Waals surface area contributed by atoms with Crippen LogP contribution in [-0.4, -0.2) is 61.4 Å². The van der Waals surface area contributed by atoms with Gasteiger partial charge >= 0.3 is 0 Å². The second kappa shape index (κ2) is 12.0. The fourth-order valence-corrected chi connectivity index (χ4v) is 3.92. The van der Waals surface area contributed by atoms with E-state index in [1.165, 1.54) is 0 Å². The largest absolute Gasteiger partial charge is 0.483 e. The first-order chi connectivity index (χ1) is 18.4. The molecule has 3 aromatic rings. The van der Waals surface area contributed by atoms with Crippen molar-refractivity contribution in [2.24, 2.45) is 0 Å². The number of aromatic nitrogens is 1. The molecule has 0 bridgehead atoms. The zero-order valence-corrected chi connectivity index (χ0v) is 21.4. The number of hydrogen-bond acceptors (Lipinski definition) is 7. The van der Waals surface area contributed by atoms with E-state index in [0.29, 0.717) is 34.9 Å². The van der Waals surface area contributed by atoms with Crippen molar-refractivity contribution in [2.45, 2.75) is 6.92 Å². The molecule has 1 aliphatic heterocycles. The smallest absolute Gasteiger partial charge is 0.262 e. The number of pyridine rings is 1. The molecule has 9 nitrogen and oxygen atoms in total. The summed E-state index contributed by atoms with van der Waals surface area (Å²) in [7, 11) is 3.86. The average molecular weight is 513 g/mol. The summed E-state index contributed by atoms with van der Waals surface area (Å²) in [6, 6.07) is 14.0. The molecule has 0 saturated carbocycles. The molecule has 0 fully saturated rings. The lowest BCUT2D eigenvalue weighted by Crippen LogP contribution is -2.31. The van der Waals surface area contributed by atoms with Crippen molar-refractivity contribution >= 4 is 29.0 Å². The normalized spacial score (nSPS) is 12.1. The van der Waals surface area contributed by atoms with Gasteiger partial charge in [0.1, 0.15) is 11.5 Å². The first-order valence-electron chi connectivity index (χ1n) is 12.0. The first-order valence-corrected chi connectivity index (χ1v) is 12.0. The molecular formula is C29H28N4O5. The molecule has 4 rings (SSSR count). The SMILES string of the molecule is Cc1c(OCC(=O)Nc2cccc(C(=O)NCCN(C)C)c2)ccc2c1OC(=C=O)C=C2c1ccncc1. The predicted molar refractivity (Wildman–Crippen MR) is 144 cm³/mol. The van der Waals surface area contributed by atoms with Crippen molar-refractivity contribution < 1.29 is 23.9 Å². The lowest BCUT2D eigenvalue weighted by atomic mass is 9.93. The monoisotopic (exact) mass is 512 g/mol. The fourth-order valence-electron chi connectivity index (χ4n) is 3.92. The second-order valence-electron chi connectivity index (χ2n) is 8.90. The average Bonchev–Trinajstić information content (AvgIpc) is 2.92. The zero-order valence-electron chi connectivity index (χ0n) is 21.4. The number of carbonyl (C=O) groups is 2. The number of nitrogens with one attached hydrogen (secondary N) is 2. The summed E-state index contributed by atoms with van der Waals surface area (Å²) in [5, 5.41) is 5.60. The van der Waals surface area contributed by atoms with Crippen LogP contribution < -0.4 is 20.1 Å². The topological polar surface area (TPSA) is 110 Å². The quantitative estimate of drug-likeness (QED) is 0.424. The summed E-state index contributed by atoms with van der Waals surface area (Å²) < 4.78 is 11.5. The van der Waals surface area contributed by atoms with E-state index >= 15 is 0 Å². The highest BCUT2D eigenvalue weighted by Crippen LogP contribution is 2.42. The van der Waals surface area contributed by atoms with Crippen molar-refractivity contribution in [1.82, 2.24) is 15.2 Å². The van der Waals surface area contributed by atoms with Gasteiger partial charge in [-0.2, -0.15) is 0 Å². The summed E-state index contributed by atoms with van der Waals surface area (Å²) in [5.74, 6) is 2.16. The maximum Gasteiger partial charge on any atom is 0.262 e. The van der Waals surface area contributed by atoms with Gasteiger partial charge in [-0.15, -0.1) is 0 Å². The minimum absolute atomic E-state index is 0.0490. The Morgan fingerprint density at radius 2 is 1.89 bits per heavy atom. The van der Waals surface area contributed by atoms with Crippen molar-refractivity contribution in [3.63, 3.8) is 0 Å². The van der Waals surface area contributed by atoms with Crippen LogP contribution in [0.15, 0.2) is 72.8 Å². The molecule has 1 aromatic heterocycles. The summed E-state index contributed by atoms with van der Waals surface area (Å²) in [6.45, 7) is 2.77. The van der Waals surface area contributed by atoms with Crippen LogP contribution in [0.3, 0.4) is 0 Å². The Morgan fingerprint density at radius 1 is 1.11 bits per heavy atom. The summed E-state index contributed by atoms with van der Waals surface area (Å²) >= 11 is 0. The minimum Gasteiger partial charge on any atom is -0.483 e. The van der Waals surface area contributed by atoms with Crippen LogP contribution >= 0.6 is 0 Å². The Kier molecular flexibility index (Phi) is 8.33. The summed E-state index contributed by atoms with van der Waals surface area (Å²) in [5.41, 5.74) is 4.02. The molecule has 0 spiro atoms. The van der Waals surface area contributed by atoms with Crippen molar-refractivity contribution in [2.75, 3.05) is 39.1 Å². The van der Waals surface area contributed by atoms with Crippen LogP contribution in [0.4, 0.5) is 5.69 Å². The highest BCUT2D eigenvalue weighted by Gasteiger charge is 2.23. The number of ether oxygens (including phenoxy) is 2. The van der Waals surface area contributed by atoms with Crippen LogP contribution in [-0.2, 0) is 9.59 Å². The van der Waals surface area contributed by atoms with Crippen molar-refractivity contribution in [3.05, 3.63) is 95.0 Å². The predicted octanol–water partition coefficient (Wildman–Crippen LogP) is 3.24. The highest BCUT2D eigenvalue weighted by molar-refractivity contribution is 5.97. The molecular weight excluding hydrogens is 484 g/mol. The number of nitrogens with zero attached hydrogens (tertiary/aromatic N) is 2. The van der Waals surface area contributed by atoms with E-state index in [1.807, 2.05) is 43.1 Å². The number of likely N-dealkylation sites (N-methyl/N-ethyl adjacent to an activating group) is 1. The number of amides is 2. The minimum atomic E-state index is -0.390. The van der Waals surface area contributed by atoms with Gasteiger partial charge in [0.05, 0.1) is 0 Å². The molecule has 2 aromatic carbocycles. The van der Waals surface area contributed by atoms with Gasteiger partial charge in [-0.25, -0.2) is 4.79 Å². The molecule has 2 amide bonds. The number of benzene rings is 2. The van der Waals surface area contributed by atoms with Gasteiger partial charge in [-0.3, -0.25) is 14.6 Å². The van der Waals surface area contributed by atoms with Gasteiger partial charge in [0.15, 0.2) is 12.5 Å². The van der Waals surface area contributed by atoms with Crippen LogP contribution in [0.1, 0.15) is 27.0 Å². The molecule has 194 valence electrons. The molecule has 0 saturated heterocycles. The number of fused-ring (bicyclic) bond motifs is 1. The Labute approximate surface area is 220 Å². The number of allylic oxidation sites excluding steroid dienone is 1. The zero-order chi connectivity index (χ0) is 27.1. The van der Waals surface area contributed by atoms with Crippen LogP contribution in [0, 0.1) is 6.92 Å². The fraction of sp³-hybridized carbons (Fsp3) is 0.207. The molecule has 0 atom stereocenters. The van der Waals surface area contributed by atoms with Gasteiger partial charge in [-0.1, -0.05) is 6.07 Å². The van der Waals surface area contributed by atoms with Crippen molar-refractivity contribution in [1.29, 1.82) is 0 Å². The molecule has 0 radical (unpaired) electrons. The molecule has 0 aliphatic carbocycles. The summed E-state index contributed by atoms with van der Waals surface area (Å²) in [6.07, 6.45) is 4.98. The van der Waals surface area contributed by atoms with Crippen LogP contribution in [0.25, 0.3) is 5.57 Å². The van der Waals surface area contributed by atoms with Gasteiger partial charge in [0, 0.05) is 53.9 Å². The van der Waals surface area contributed by atoms with E-state index in [2.05, 4.69) is 15.6 Å². The summed E-state index contributed by atoms with van der Waals surface area (Å²) in [4.78, 5) is 42.4. The Bertz CT molecular complexity index is 1430. The van der Waals surface area contributed by atoms with E-state index in [1.54, 1.807) is 55.7 Å². The van der Waals surface area contributed by atoms with Crippen LogP contribution in [0.5, 0.6) is 11.5 Å². The van der Waals surface area contributed by atoms with Crippen LogP contribution in [0.2, 0.25) is 0 Å². The van der Waals surface area contributed by atoms with E-state index in [0.717, 1.165) is 23.2 Å². The van der Waals surface area contributed by atoms with Gasteiger partial charge in [0.2, 0.25) is 5.76 Å². The molecule has 2 heterocycles. The molecule has 38 heavy (non-hydrogen) atoms. The maximum absolute atomic E-state index is 12.6. The number of rotatable bonds is 9. The molecule has 2 N–H and O–H groups in total. The Hall–Kier alpha value is -4.72.